The summed E-state index contributed by atoms with van der Waals surface area (Å²) in [7, 11) is 0. The fraction of sp³-hybridized carbons (Fsp3) is 0.800. The molecule has 0 saturated carbocycles. The highest BCUT2D eigenvalue weighted by molar-refractivity contribution is 4.92. The van der Waals surface area contributed by atoms with Gasteiger partial charge in [0.2, 0.25) is 0 Å². The van der Waals surface area contributed by atoms with E-state index in [1.807, 2.05) is 6.20 Å². The van der Waals surface area contributed by atoms with Gasteiger partial charge in [0, 0.05) is 25.4 Å². The summed E-state index contributed by atoms with van der Waals surface area (Å²) in [4.78, 5) is 0. The zero-order valence-electron chi connectivity index (χ0n) is 9.30. The summed E-state index contributed by atoms with van der Waals surface area (Å²) in [6, 6.07) is 0.428. The van der Waals surface area contributed by atoms with Crippen molar-refractivity contribution in [1.82, 2.24) is 20.3 Å². The van der Waals surface area contributed by atoms with Gasteiger partial charge in [0.15, 0.2) is 0 Å². The number of hydrogen-bond acceptors (Lipinski definition) is 5. The van der Waals surface area contributed by atoms with Gasteiger partial charge >= 0.3 is 0 Å². The van der Waals surface area contributed by atoms with Crippen molar-refractivity contribution in [3.05, 3.63) is 11.9 Å². The van der Waals surface area contributed by atoms with E-state index in [1.165, 1.54) is 0 Å². The summed E-state index contributed by atoms with van der Waals surface area (Å²) in [5.41, 5.74) is 0.902. The summed E-state index contributed by atoms with van der Waals surface area (Å²) in [5, 5.41) is 20.1. The van der Waals surface area contributed by atoms with E-state index >= 15 is 0 Å². The van der Waals surface area contributed by atoms with Crippen LogP contribution in [0.15, 0.2) is 6.20 Å². The second-order valence-corrected chi connectivity index (χ2v) is 3.99. The molecule has 1 aliphatic heterocycles. The molecular weight excluding hydrogens is 208 g/mol. The average molecular weight is 226 g/mol. The first kappa shape index (κ1) is 11.5. The molecule has 1 aliphatic rings. The molecule has 1 unspecified atom stereocenters. The van der Waals surface area contributed by atoms with Crippen LogP contribution in [0.3, 0.4) is 0 Å². The van der Waals surface area contributed by atoms with E-state index in [1.54, 1.807) is 4.68 Å². The molecule has 1 saturated heterocycles. The van der Waals surface area contributed by atoms with E-state index < -0.39 is 0 Å². The second-order valence-electron chi connectivity index (χ2n) is 3.99. The summed E-state index contributed by atoms with van der Waals surface area (Å²) in [6.45, 7) is 2.96. The lowest BCUT2D eigenvalue weighted by molar-refractivity contribution is 0.0698. The van der Waals surface area contributed by atoms with E-state index in [4.69, 9.17) is 9.84 Å². The van der Waals surface area contributed by atoms with Crippen LogP contribution >= 0.6 is 0 Å². The number of aliphatic hydroxyl groups is 1. The SMILES string of the molecule is OCCn1cc(CNC2CCCOC2)nn1. The van der Waals surface area contributed by atoms with Crippen LogP contribution in [-0.2, 0) is 17.8 Å². The number of nitrogens with one attached hydrogen (secondary N) is 1. The monoisotopic (exact) mass is 226 g/mol. The van der Waals surface area contributed by atoms with Gasteiger partial charge in [-0.15, -0.1) is 5.10 Å². The van der Waals surface area contributed by atoms with Crippen molar-refractivity contribution in [3.63, 3.8) is 0 Å². The molecule has 0 bridgehead atoms. The summed E-state index contributed by atoms with van der Waals surface area (Å²) in [6.07, 6.45) is 4.13. The zero-order chi connectivity index (χ0) is 11.2. The van der Waals surface area contributed by atoms with E-state index in [0.29, 0.717) is 19.1 Å². The van der Waals surface area contributed by atoms with Crippen LogP contribution in [-0.4, -0.2) is 46.0 Å². The molecule has 0 aromatic carbocycles. The number of aliphatic hydroxyl groups excluding tert-OH is 1. The maximum absolute atomic E-state index is 8.74. The highest BCUT2D eigenvalue weighted by Gasteiger charge is 2.13. The van der Waals surface area contributed by atoms with E-state index in [2.05, 4.69) is 15.6 Å². The van der Waals surface area contributed by atoms with Crippen molar-refractivity contribution in [2.75, 3.05) is 19.8 Å². The van der Waals surface area contributed by atoms with Gasteiger partial charge in [-0.2, -0.15) is 0 Å². The van der Waals surface area contributed by atoms with Crippen LogP contribution in [0.1, 0.15) is 18.5 Å². The maximum Gasteiger partial charge on any atom is 0.0964 e. The molecule has 0 spiro atoms. The Balaban J connectivity index is 1.75. The van der Waals surface area contributed by atoms with Gasteiger partial charge in [0.25, 0.3) is 0 Å². The molecule has 6 nitrogen and oxygen atoms in total. The van der Waals surface area contributed by atoms with Crippen LogP contribution in [0.25, 0.3) is 0 Å². The number of nitrogens with zero attached hydrogens (tertiary/aromatic N) is 3. The Hall–Kier alpha value is -0.980. The molecule has 2 heterocycles. The Morgan fingerprint density at radius 1 is 1.62 bits per heavy atom. The Morgan fingerprint density at radius 3 is 3.31 bits per heavy atom. The number of aromatic nitrogens is 3. The lowest BCUT2D eigenvalue weighted by Gasteiger charge is -2.22. The fourth-order valence-corrected chi connectivity index (χ4v) is 1.78. The number of rotatable bonds is 5. The second kappa shape index (κ2) is 5.93. The van der Waals surface area contributed by atoms with Crippen LogP contribution in [0, 0.1) is 0 Å². The van der Waals surface area contributed by atoms with Gasteiger partial charge in [-0.1, -0.05) is 5.21 Å². The van der Waals surface area contributed by atoms with Gasteiger partial charge in [-0.3, -0.25) is 0 Å². The molecule has 2 N–H and O–H groups in total. The Morgan fingerprint density at radius 2 is 2.56 bits per heavy atom. The molecular formula is C10H18N4O2. The maximum atomic E-state index is 8.74. The first-order valence-corrected chi connectivity index (χ1v) is 5.69. The minimum atomic E-state index is 0.0900. The highest BCUT2D eigenvalue weighted by Crippen LogP contribution is 2.06. The van der Waals surface area contributed by atoms with E-state index in [0.717, 1.165) is 31.7 Å². The van der Waals surface area contributed by atoms with E-state index in [9.17, 15) is 0 Å². The standard InChI is InChI=1S/C10H18N4O2/c15-4-3-14-7-10(12-13-14)6-11-9-2-1-5-16-8-9/h7,9,11,15H,1-6,8H2. The van der Waals surface area contributed by atoms with Crippen molar-refractivity contribution < 1.29 is 9.84 Å². The third-order valence-corrected chi connectivity index (χ3v) is 2.65. The molecule has 1 aromatic rings. The van der Waals surface area contributed by atoms with Gasteiger partial charge in [0.05, 0.1) is 25.5 Å². The first-order chi connectivity index (χ1) is 7.88. The van der Waals surface area contributed by atoms with Crippen molar-refractivity contribution >= 4 is 0 Å². The van der Waals surface area contributed by atoms with Crippen molar-refractivity contribution in [2.24, 2.45) is 0 Å². The van der Waals surface area contributed by atoms with Crippen LogP contribution in [0.4, 0.5) is 0 Å². The average Bonchev–Trinajstić information content (AvgIpc) is 2.76. The molecule has 16 heavy (non-hydrogen) atoms. The molecule has 1 aromatic heterocycles. The molecule has 0 aliphatic carbocycles. The molecule has 6 heteroatoms. The van der Waals surface area contributed by atoms with Gasteiger partial charge in [0.1, 0.15) is 0 Å². The molecule has 90 valence electrons. The lowest BCUT2D eigenvalue weighted by atomic mass is 10.1. The third kappa shape index (κ3) is 3.26. The highest BCUT2D eigenvalue weighted by atomic mass is 16.5. The van der Waals surface area contributed by atoms with E-state index in [-0.39, 0.29) is 6.61 Å². The summed E-state index contributed by atoms with van der Waals surface area (Å²) >= 11 is 0. The number of hydrogen-bond donors (Lipinski definition) is 2. The van der Waals surface area contributed by atoms with Crippen molar-refractivity contribution in [3.8, 4) is 0 Å². The molecule has 1 fully saturated rings. The van der Waals surface area contributed by atoms with Crippen molar-refractivity contribution in [2.45, 2.75) is 32.0 Å². The quantitative estimate of drug-likeness (QED) is 0.711. The molecule has 1 atom stereocenters. The normalized spacial score (nSPS) is 21.2. The Kier molecular flexibility index (Phi) is 4.26. The minimum Gasteiger partial charge on any atom is -0.394 e. The van der Waals surface area contributed by atoms with Gasteiger partial charge in [-0.05, 0) is 12.8 Å². The zero-order valence-corrected chi connectivity index (χ0v) is 9.30. The topological polar surface area (TPSA) is 72.2 Å². The third-order valence-electron chi connectivity index (χ3n) is 2.65. The fourth-order valence-electron chi connectivity index (χ4n) is 1.78. The smallest absolute Gasteiger partial charge is 0.0964 e. The summed E-state index contributed by atoms with van der Waals surface area (Å²) in [5.74, 6) is 0. The Bertz CT molecular complexity index is 310. The Labute approximate surface area is 94.6 Å². The van der Waals surface area contributed by atoms with Crippen LogP contribution in [0.2, 0.25) is 0 Å². The molecule has 0 amide bonds. The van der Waals surface area contributed by atoms with Crippen LogP contribution in [0.5, 0.6) is 0 Å². The van der Waals surface area contributed by atoms with Crippen LogP contribution < -0.4 is 5.32 Å². The largest absolute Gasteiger partial charge is 0.394 e. The summed E-state index contributed by atoms with van der Waals surface area (Å²) < 4.78 is 7.02. The minimum absolute atomic E-state index is 0.0900. The molecule has 0 radical (unpaired) electrons. The number of ether oxygens (including phenoxy) is 1. The first-order valence-electron chi connectivity index (χ1n) is 5.69. The molecule has 2 rings (SSSR count). The van der Waals surface area contributed by atoms with Gasteiger partial charge < -0.3 is 15.2 Å². The predicted octanol–water partition coefficient (Wildman–Crippen LogP) is -0.461. The lowest BCUT2D eigenvalue weighted by Crippen LogP contribution is -2.36. The van der Waals surface area contributed by atoms with Gasteiger partial charge in [-0.25, -0.2) is 4.68 Å². The predicted molar refractivity (Wildman–Crippen MR) is 57.8 cm³/mol. The van der Waals surface area contributed by atoms with Crippen molar-refractivity contribution in [1.29, 1.82) is 0 Å².